The summed E-state index contributed by atoms with van der Waals surface area (Å²) in [7, 11) is 1.62. The second-order valence-electron chi connectivity index (χ2n) is 4.92. The molecule has 1 aromatic rings. The molecule has 0 unspecified atom stereocenters. The fourth-order valence-corrected chi connectivity index (χ4v) is 2.29. The molecule has 1 atom stereocenters. The molecule has 0 aliphatic rings. The first-order valence-corrected chi connectivity index (χ1v) is 7.07. The Labute approximate surface area is 122 Å². The fraction of sp³-hybridized carbons (Fsp3) is 0.500. The number of halogens is 1. The van der Waals surface area contributed by atoms with Gasteiger partial charge in [-0.15, -0.1) is 0 Å². The molecule has 0 radical (unpaired) electrons. The van der Waals surface area contributed by atoms with E-state index in [1.807, 2.05) is 32.0 Å². The summed E-state index contributed by atoms with van der Waals surface area (Å²) in [6, 6.07) is 5.14. The topological polar surface area (TPSA) is 64.3 Å². The summed E-state index contributed by atoms with van der Waals surface area (Å²) >= 11 is 3.45. The third-order valence-corrected chi connectivity index (χ3v) is 3.47. The van der Waals surface area contributed by atoms with Gasteiger partial charge < -0.3 is 15.8 Å². The van der Waals surface area contributed by atoms with Gasteiger partial charge in [0.15, 0.2) is 0 Å². The van der Waals surface area contributed by atoms with E-state index >= 15 is 0 Å². The zero-order valence-electron chi connectivity index (χ0n) is 11.6. The number of nitrogens with two attached hydrogens (primary N) is 1. The number of methoxy groups -OCH3 is 1. The van der Waals surface area contributed by atoms with Crippen LogP contribution in [0, 0.1) is 5.92 Å². The van der Waals surface area contributed by atoms with Gasteiger partial charge in [0, 0.05) is 22.8 Å². The SMILES string of the molecule is COCc1c(Br)cccc1NC(=O)[C@H](N)CC(C)C. The normalized spacial score (nSPS) is 12.5. The number of amides is 1. The largest absolute Gasteiger partial charge is 0.380 e. The number of nitrogens with one attached hydrogen (secondary N) is 1. The number of benzene rings is 1. The van der Waals surface area contributed by atoms with Crippen LogP contribution in [0.4, 0.5) is 5.69 Å². The number of rotatable bonds is 6. The molecular weight excluding hydrogens is 308 g/mol. The number of hydrogen-bond acceptors (Lipinski definition) is 3. The summed E-state index contributed by atoms with van der Waals surface area (Å²) in [4.78, 5) is 12.0. The molecule has 0 bridgehead atoms. The van der Waals surface area contributed by atoms with E-state index in [0.29, 0.717) is 18.9 Å². The van der Waals surface area contributed by atoms with Gasteiger partial charge in [0.1, 0.15) is 0 Å². The van der Waals surface area contributed by atoms with Crippen LogP contribution < -0.4 is 11.1 Å². The molecule has 0 saturated carbocycles. The molecule has 5 heteroatoms. The Hall–Kier alpha value is -0.910. The van der Waals surface area contributed by atoms with Gasteiger partial charge in [-0.25, -0.2) is 0 Å². The molecule has 0 heterocycles. The molecule has 1 amide bonds. The number of ether oxygens (including phenoxy) is 1. The predicted molar refractivity (Wildman–Crippen MR) is 80.9 cm³/mol. The maximum absolute atomic E-state index is 12.0. The van der Waals surface area contributed by atoms with Crippen LogP contribution in [0.3, 0.4) is 0 Å². The summed E-state index contributed by atoms with van der Waals surface area (Å²) in [5.41, 5.74) is 7.52. The zero-order valence-corrected chi connectivity index (χ0v) is 13.2. The first kappa shape index (κ1) is 16.1. The Morgan fingerprint density at radius 1 is 1.47 bits per heavy atom. The summed E-state index contributed by atoms with van der Waals surface area (Å²) < 4.78 is 6.05. The van der Waals surface area contributed by atoms with Gasteiger partial charge in [-0.2, -0.15) is 0 Å². The first-order valence-electron chi connectivity index (χ1n) is 6.28. The van der Waals surface area contributed by atoms with Gasteiger partial charge in [-0.3, -0.25) is 4.79 Å². The van der Waals surface area contributed by atoms with Gasteiger partial charge in [0.05, 0.1) is 12.6 Å². The van der Waals surface area contributed by atoms with E-state index < -0.39 is 6.04 Å². The van der Waals surface area contributed by atoms with Crippen molar-refractivity contribution in [1.29, 1.82) is 0 Å². The molecule has 0 aliphatic carbocycles. The molecule has 4 nitrogen and oxygen atoms in total. The number of hydrogen-bond donors (Lipinski definition) is 2. The van der Waals surface area contributed by atoms with Crippen LogP contribution in [0.15, 0.2) is 22.7 Å². The average Bonchev–Trinajstić information content (AvgIpc) is 2.32. The van der Waals surface area contributed by atoms with E-state index in [0.717, 1.165) is 15.7 Å². The molecule has 0 fully saturated rings. The maximum atomic E-state index is 12.0. The highest BCUT2D eigenvalue weighted by Crippen LogP contribution is 2.25. The van der Waals surface area contributed by atoms with Crippen LogP contribution in [-0.4, -0.2) is 19.1 Å². The van der Waals surface area contributed by atoms with E-state index in [1.165, 1.54) is 0 Å². The van der Waals surface area contributed by atoms with Crippen molar-refractivity contribution in [1.82, 2.24) is 0 Å². The van der Waals surface area contributed by atoms with Crippen molar-refractivity contribution in [3.05, 3.63) is 28.2 Å². The lowest BCUT2D eigenvalue weighted by Crippen LogP contribution is -2.36. The smallest absolute Gasteiger partial charge is 0.241 e. The van der Waals surface area contributed by atoms with Crippen molar-refractivity contribution < 1.29 is 9.53 Å². The molecule has 1 rings (SSSR count). The number of carbonyl (C=O) groups excluding carboxylic acids is 1. The minimum atomic E-state index is -0.491. The molecule has 1 aromatic carbocycles. The molecule has 106 valence electrons. The number of carbonyl (C=O) groups is 1. The van der Waals surface area contributed by atoms with Crippen molar-refractivity contribution in [2.24, 2.45) is 11.7 Å². The highest BCUT2D eigenvalue weighted by Gasteiger charge is 2.17. The van der Waals surface area contributed by atoms with Crippen LogP contribution in [0.2, 0.25) is 0 Å². The molecular formula is C14H21BrN2O2. The lowest BCUT2D eigenvalue weighted by molar-refractivity contribution is -0.117. The van der Waals surface area contributed by atoms with Crippen LogP contribution in [0.1, 0.15) is 25.8 Å². The van der Waals surface area contributed by atoms with E-state index in [4.69, 9.17) is 10.5 Å². The van der Waals surface area contributed by atoms with Gasteiger partial charge in [0.2, 0.25) is 5.91 Å². The summed E-state index contributed by atoms with van der Waals surface area (Å²) in [6.45, 7) is 4.52. The highest BCUT2D eigenvalue weighted by molar-refractivity contribution is 9.10. The summed E-state index contributed by atoms with van der Waals surface area (Å²) in [5, 5.41) is 2.87. The Bertz CT molecular complexity index is 435. The Morgan fingerprint density at radius 3 is 2.74 bits per heavy atom. The van der Waals surface area contributed by atoms with Crippen molar-refractivity contribution in [2.75, 3.05) is 12.4 Å². The van der Waals surface area contributed by atoms with Crippen molar-refractivity contribution in [3.8, 4) is 0 Å². The standard InChI is InChI=1S/C14H21BrN2O2/c1-9(2)7-12(16)14(18)17-13-6-4-5-11(15)10(13)8-19-3/h4-6,9,12H,7-8,16H2,1-3H3,(H,17,18)/t12-/m1/s1. The van der Waals surface area contributed by atoms with E-state index in [-0.39, 0.29) is 5.91 Å². The van der Waals surface area contributed by atoms with Crippen LogP contribution in [-0.2, 0) is 16.1 Å². The van der Waals surface area contributed by atoms with E-state index in [2.05, 4.69) is 21.2 Å². The van der Waals surface area contributed by atoms with Crippen LogP contribution in [0.25, 0.3) is 0 Å². The lowest BCUT2D eigenvalue weighted by atomic mass is 10.0. The Kier molecular flexibility index (Phi) is 6.48. The van der Waals surface area contributed by atoms with Crippen LogP contribution in [0.5, 0.6) is 0 Å². The van der Waals surface area contributed by atoms with E-state index in [9.17, 15) is 4.79 Å². The molecule has 0 aromatic heterocycles. The quantitative estimate of drug-likeness (QED) is 0.843. The molecule has 0 aliphatic heterocycles. The highest BCUT2D eigenvalue weighted by atomic mass is 79.9. The third-order valence-electron chi connectivity index (χ3n) is 2.73. The molecule has 0 spiro atoms. The Balaban J connectivity index is 2.81. The number of anilines is 1. The zero-order chi connectivity index (χ0) is 14.4. The van der Waals surface area contributed by atoms with Crippen molar-refractivity contribution >= 4 is 27.5 Å². The third kappa shape index (κ3) is 4.93. The minimum Gasteiger partial charge on any atom is -0.380 e. The maximum Gasteiger partial charge on any atom is 0.241 e. The Morgan fingerprint density at radius 2 is 2.16 bits per heavy atom. The molecule has 3 N–H and O–H groups in total. The average molecular weight is 329 g/mol. The fourth-order valence-electron chi connectivity index (χ4n) is 1.81. The summed E-state index contributed by atoms with van der Waals surface area (Å²) in [5.74, 6) is 0.228. The van der Waals surface area contributed by atoms with Crippen LogP contribution >= 0.6 is 15.9 Å². The van der Waals surface area contributed by atoms with Gasteiger partial charge >= 0.3 is 0 Å². The first-order chi connectivity index (χ1) is 8.95. The van der Waals surface area contributed by atoms with Gasteiger partial charge in [0.25, 0.3) is 0 Å². The second kappa shape index (κ2) is 7.62. The van der Waals surface area contributed by atoms with Crippen molar-refractivity contribution in [2.45, 2.75) is 32.9 Å². The summed E-state index contributed by atoms with van der Waals surface area (Å²) in [6.07, 6.45) is 0.666. The monoisotopic (exact) mass is 328 g/mol. The minimum absolute atomic E-state index is 0.163. The van der Waals surface area contributed by atoms with Crippen molar-refractivity contribution in [3.63, 3.8) is 0 Å². The van der Waals surface area contributed by atoms with E-state index in [1.54, 1.807) is 7.11 Å². The van der Waals surface area contributed by atoms with Gasteiger partial charge in [-0.05, 0) is 24.5 Å². The van der Waals surface area contributed by atoms with Gasteiger partial charge in [-0.1, -0.05) is 35.8 Å². The predicted octanol–water partition coefficient (Wildman–Crippen LogP) is 2.91. The lowest BCUT2D eigenvalue weighted by Gasteiger charge is -2.16. The second-order valence-corrected chi connectivity index (χ2v) is 5.78. The molecule has 19 heavy (non-hydrogen) atoms. The molecule has 0 saturated heterocycles.